The van der Waals surface area contributed by atoms with Crippen LogP contribution in [0.25, 0.3) is 0 Å². The van der Waals surface area contributed by atoms with Crippen molar-refractivity contribution in [2.45, 2.75) is 32.4 Å². The summed E-state index contributed by atoms with van der Waals surface area (Å²) < 4.78 is 1.88. The predicted octanol–water partition coefficient (Wildman–Crippen LogP) is 0.675. The average molecular weight is 183 g/mol. The van der Waals surface area contributed by atoms with Crippen molar-refractivity contribution in [1.82, 2.24) is 9.78 Å². The van der Waals surface area contributed by atoms with Gasteiger partial charge in [-0.1, -0.05) is 6.92 Å². The first-order valence-electron chi connectivity index (χ1n) is 4.66. The van der Waals surface area contributed by atoms with Crippen molar-refractivity contribution in [3.8, 4) is 0 Å². The second-order valence-electron chi connectivity index (χ2n) is 3.16. The summed E-state index contributed by atoms with van der Waals surface area (Å²) in [6.07, 6.45) is 5.38. The third-order valence-corrected chi connectivity index (χ3v) is 1.97. The molecule has 1 aromatic rings. The van der Waals surface area contributed by atoms with Crippen LogP contribution in [0, 0.1) is 0 Å². The van der Waals surface area contributed by atoms with Crippen LogP contribution in [0.4, 0.5) is 0 Å². The Morgan fingerprint density at radius 1 is 1.69 bits per heavy atom. The third kappa shape index (κ3) is 2.82. The molecule has 1 rings (SSSR count). The number of hydrogen-bond acceptors (Lipinski definition) is 3. The lowest BCUT2D eigenvalue weighted by molar-refractivity contribution is 0.276. The Kier molecular flexibility index (Phi) is 3.92. The van der Waals surface area contributed by atoms with E-state index in [0.29, 0.717) is 6.42 Å². The SMILES string of the molecule is CCCn1cc(C(N)CCO)cn1. The van der Waals surface area contributed by atoms with E-state index in [4.69, 9.17) is 10.8 Å². The average Bonchev–Trinajstić information content (AvgIpc) is 2.54. The minimum absolute atomic E-state index is 0.0874. The van der Waals surface area contributed by atoms with E-state index in [-0.39, 0.29) is 12.6 Å². The standard InChI is InChI=1S/C9H17N3O/c1-2-4-12-7-8(6-11-12)9(10)3-5-13/h6-7,9,13H,2-5,10H2,1H3. The molecule has 0 aromatic carbocycles. The number of hydrogen-bond donors (Lipinski definition) is 2. The van der Waals surface area contributed by atoms with E-state index in [2.05, 4.69) is 12.0 Å². The van der Waals surface area contributed by atoms with E-state index in [1.165, 1.54) is 0 Å². The zero-order valence-corrected chi connectivity index (χ0v) is 7.98. The van der Waals surface area contributed by atoms with Crippen LogP contribution in [0.5, 0.6) is 0 Å². The van der Waals surface area contributed by atoms with Crippen molar-refractivity contribution in [2.24, 2.45) is 5.73 Å². The first-order valence-corrected chi connectivity index (χ1v) is 4.66. The Morgan fingerprint density at radius 2 is 2.46 bits per heavy atom. The van der Waals surface area contributed by atoms with Crippen molar-refractivity contribution < 1.29 is 5.11 Å². The zero-order chi connectivity index (χ0) is 9.68. The molecule has 0 aliphatic rings. The molecule has 13 heavy (non-hydrogen) atoms. The number of aliphatic hydroxyl groups excluding tert-OH is 1. The molecule has 0 aliphatic carbocycles. The van der Waals surface area contributed by atoms with Crippen molar-refractivity contribution in [2.75, 3.05) is 6.61 Å². The molecule has 0 amide bonds. The van der Waals surface area contributed by atoms with Gasteiger partial charge >= 0.3 is 0 Å². The number of aryl methyl sites for hydroxylation is 1. The molecule has 1 unspecified atom stereocenters. The molecule has 0 spiro atoms. The van der Waals surface area contributed by atoms with E-state index in [1.807, 2.05) is 10.9 Å². The van der Waals surface area contributed by atoms with Crippen LogP contribution in [-0.2, 0) is 6.54 Å². The Balaban J connectivity index is 2.56. The summed E-state index contributed by atoms with van der Waals surface area (Å²) in [5.41, 5.74) is 6.80. The molecule has 4 nitrogen and oxygen atoms in total. The molecule has 1 atom stereocenters. The molecular weight excluding hydrogens is 166 g/mol. The third-order valence-electron chi connectivity index (χ3n) is 1.97. The van der Waals surface area contributed by atoms with Crippen molar-refractivity contribution in [3.63, 3.8) is 0 Å². The van der Waals surface area contributed by atoms with E-state index < -0.39 is 0 Å². The first kappa shape index (κ1) is 10.2. The van der Waals surface area contributed by atoms with Crippen LogP contribution in [-0.4, -0.2) is 21.5 Å². The monoisotopic (exact) mass is 183 g/mol. The molecule has 0 bridgehead atoms. The second-order valence-corrected chi connectivity index (χ2v) is 3.16. The van der Waals surface area contributed by atoms with Gasteiger partial charge in [-0.3, -0.25) is 4.68 Å². The molecule has 1 aromatic heterocycles. The van der Waals surface area contributed by atoms with Crippen molar-refractivity contribution in [1.29, 1.82) is 0 Å². The molecule has 0 saturated heterocycles. The van der Waals surface area contributed by atoms with Crippen LogP contribution in [0.15, 0.2) is 12.4 Å². The highest BCUT2D eigenvalue weighted by atomic mass is 16.3. The highest BCUT2D eigenvalue weighted by Gasteiger charge is 2.07. The summed E-state index contributed by atoms with van der Waals surface area (Å²) in [6.45, 7) is 3.15. The van der Waals surface area contributed by atoms with Gasteiger partial charge in [0.1, 0.15) is 0 Å². The van der Waals surface area contributed by atoms with E-state index in [0.717, 1.165) is 18.5 Å². The van der Waals surface area contributed by atoms with E-state index in [1.54, 1.807) is 6.20 Å². The van der Waals surface area contributed by atoms with Crippen molar-refractivity contribution in [3.05, 3.63) is 18.0 Å². The fourth-order valence-electron chi connectivity index (χ4n) is 1.23. The van der Waals surface area contributed by atoms with Gasteiger partial charge in [0, 0.05) is 31.0 Å². The second kappa shape index (κ2) is 4.99. The van der Waals surface area contributed by atoms with Gasteiger partial charge in [0.15, 0.2) is 0 Å². The Bertz CT molecular complexity index is 247. The maximum absolute atomic E-state index is 8.70. The number of nitrogens with zero attached hydrogens (tertiary/aromatic N) is 2. The lowest BCUT2D eigenvalue weighted by Gasteiger charge is -2.05. The number of aliphatic hydroxyl groups is 1. The normalized spacial score (nSPS) is 13.2. The minimum Gasteiger partial charge on any atom is -0.396 e. The van der Waals surface area contributed by atoms with Crippen LogP contribution >= 0.6 is 0 Å². The van der Waals surface area contributed by atoms with Gasteiger partial charge in [0.25, 0.3) is 0 Å². The van der Waals surface area contributed by atoms with Gasteiger partial charge in [-0.05, 0) is 12.8 Å². The molecule has 3 N–H and O–H groups in total. The van der Waals surface area contributed by atoms with Gasteiger partial charge in [0.05, 0.1) is 6.20 Å². The molecule has 0 radical (unpaired) electrons. The summed E-state index contributed by atoms with van der Waals surface area (Å²) in [6, 6.07) is -0.0874. The molecular formula is C9H17N3O. The largest absolute Gasteiger partial charge is 0.396 e. The Morgan fingerprint density at radius 3 is 3.08 bits per heavy atom. The predicted molar refractivity (Wildman–Crippen MR) is 51.1 cm³/mol. The smallest absolute Gasteiger partial charge is 0.0537 e. The number of rotatable bonds is 5. The van der Waals surface area contributed by atoms with Gasteiger partial charge < -0.3 is 10.8 Å². The summed E-state index contributed by atoms with van der Waals surface area (Å²) in [4.78, 5) is 0. The fraction of sp³-hybridized carbons (Fsp3) is 0.667. The lowest BCUT2D eigenvalue weighted by Crippen LogP contribution is -2.11. The maximum Gasteiger partial charge on any atom is 0.0537 e. The highest BCUT2D eigenvalue weighted by molar-refractivity contribution is 5.09. The molecule has 0 aliphatic heterocycles. The molecule has 0 saturated carbocycles. The van der Waals surface area contributed by atoms with Gasteiger partial charge in [-0.15, -0.1) is 0 Å². The highest BCUT2D eigenvalue weighted by Crippen LogP contribution is 2.12. The fourth-order valence-corrected chi connectivity index (χ4v) is 1.23. The summed E-state index contributed by atoms with van der Waals surface area (Å²) in [5.74, 6) is 0. The topological polar surface area (TPSA) is 64.1 Å². The zero-order valence-electron chi connectivity index (χ0n) is 7.98. The van der Waals surface area contributed by atoms with Crippen LogP contribution < -0.4 is 5.73 Å². The Labute approximate surface area is 78.4 Å². The van der Waals surface area contributed by atoms with E-state index >= 15 is 0 Å². The lowest BCUT2D eigenvalue weighted by atomic mass is 10.1. The van der Waals surface area contributed by atoms with E-state index in [9.17, 15) is 0 Å². The maximum atomic E-state index is 8.70. The van der Waals surface area contributed by atoms with Gasteiger partial charge in [-0.25, -0.2) is 0 Å². The quantitative estimate of drug-likeness (QED) is 0.705. The van der Waals surface area contributed by atoms with Crippen LogP contribution in [0.3, 0.4) is 0 Å². The minimum atomic E-state index is -0.0874. The first-order chi connectivity index (χ1) is 6.27. The summed E-state index contributed by atoms with van der Waals surface area (Å²) in [7, 11) is 0. The van der Waals surface area contributed by atoms with Crippen LogP contribution in [0.1, 0.15) is 31.4 Å². The molecule has 0 fully saturated rings. The number of nitrogens with two attached hydrogens (primary N) is 1. The summed E-state index contributed by atoms with van der Waals surface area (Å²) in [5, 5.41) is 12.9. The van der Waals surface area contributed by atoms with Crippen LogP contribution in [0.2, 0.25) is 0 Å². The molecule has 74 valence electrons. The Hall–Kier alpha value is -0.870. The summed E-state index contributed by atoms with van der Waals surface area (Å²) >= 11 is 0. The van der Waals surface area contributed by atoms with Gasteiger partial charge in [-0.2, -0.15) is 5.10 Å². The van der Waals surface area contributed by atoms with Crippen molar-refractivity contribution >= 4 is 0 Å². The van der Waals surface area contributed by atoms with Gasteiger partial charge in [0.2, 0.25) is 0 Å². The number of aromatic nitrogens is 2. The molecule has 4 heteroatoms. The molecule has 1 heterocycles.